The number of fused-ring (bicyclic) bond motifs is 1. The van der Waals surface area contributed by atoms with Crippen LogP contribution in [0.2, 0.25) is 0 Å². The molecule has 0 radical (unpaired) electrons. The number of hydrogen-bond acceptors (Lipinski definition) is 10. The third-order valence-electron chi connectivity index (χ3n) is 5.28. The normalized spacial score (nSPS) is 14.2. The van der Waals surface area contributed by atoms with Gasteiger partial charge in [0.15, 0.2) is 11.0 Å². The van der Waals surface area contributed by atoms with E-state index in [1.165, 1.54) is 12.1 Å². The molecule has 3 rings (SSSR count). The zero-order chi connectivity index (χ0) is 28.7. The van der Waals surface area contributed by atoms with Gasteiger partial charge in [0.25, 0.3) is 11.8 Å². The van der Waals surface area contributed by atoms with Crippen LogP contribution < -0.4 is 5.32 Å². The summed E-state index contributed by atoms with van der Waals surface area (Å²) in [4.78, 5) is 76.8. The van der Waals surface area contributed by atoms with Crippen molar-refractivity contribution < 1.29 is 43.0 Å². The number of esters is 2. The molecule has 12 heteroatoms. The van der Waals surface area contributed by atoms with Crippen LogP contribution in [0.15, 0.2) is 54.6 Å². The summed E-state index contributed by atoms with van der Waals surface area (Å²) in [6.45, 7) is 4.72. The number of rotatable bonds is 10. The van der Waals surface area contributed by atoms with Crippen LogP contribution in [-0.4, -0.2) is 63.9 Å². The number of carbonyl (C=O) groups is 6. The molecular formula is C27H28N2O9S. The summed E-state index contributed by atoms with van der Waals surface area (Å²) in [5.41, 5.74) is 0.0181. The summed E-state index contributed by atoms with van der Waals surface area (Å²) >= 11 is 0.373. The van der Waals surface area contributed by atoms with Crippen LogP contribution in [-0.2, 0) is 35.2 Å². The van der Waals surface area contributed by atoms with E-state index < -0.39 is 58.9 Å². The molecule has 0 saturated heterocycles. The molecule has 0 aliphatic carbocycles. The molecule has 11 nitrogen and oxygen atoms in total. The highest BCUT2D eigenvalue weighted by molar-refractivity contribution is 8.00. The van der Waals surface area contributed by atoms with Crippen LogP contribution in [0.4, 0.5) is 4.79 Å². The second-order valence-electron chi connectivity index (χ2n) is 9.42. The van der Waals surface area contributed by atoms with Gasteiger partial charge in [0.2, 0.25) is 0 Å². The average molecular weight is 557 g/mol. The highest BCUT2D eigenvalue weighted by Crippen LogP contribution is 2.32. The van der Waals surface area contributed by atoms with E-state index in [0.717, 1.165) is 7.11 Å². The minimum atomic E-state index is -1.69. The zero-order valence-electron chi connectivity index (χ0n) is 21.8. The molecular weight excluding hydrogens is 528 g/mol. The molecule has 206 valence electrons. The van der Waals surface area contributed by atoms with Crippen molar-refractivity contribution in [3.63, 3.8) is 0 Å². The SMILES string of the molecule is COC(=O)C(SN1C(=O)c2ccccc2C1=O)C(=O)C[C@H](NC(=O)OC(C)(C)C)C(=O)OCc1ccccc1. The Bertz CT molecular complexity index is 1240. The third-order valence-corrected chi connectivity index (χ3v) is 6.49. The number of ether oxygens (including phenoxy) is 3. The summed E-state index contributed by atoms with van der Waals surface area (Å²) in [5, 5.41) is 0.620. The van der Waals surface area contributed by atoms with Crippen LogP contribution in [0, 0.1) is 0 Å². The Morgan fingerprint density at radius 3 is 2.00 bits per heavy atom. The zero-order valence-corrected chi connectivity index (χ0v) is 22.6. The molecule has 0 aromatic heterocycles. The second kappa shape index (κ2) is 12.6. The van der Waals surface area contributed by atoms with E-state index in [-0.39, 0.29) is 17.7 Å². The lowest BCUT2D eigenvalue weighted by Gasteiger charge is -2.24. The molecule has 0 fully saturated rings. The lowest BCUT2D eigenvalue weighted by atomic mass is 10.1. The predicted molar refractivity (Wildman–Crippen MR) is 139 cm³/mol. The second-order valence-corrected chi connectivity index (χ2v) is 10.5. The quantitative estimate of drug-likeness (QED) is 0.152. The first-order valence-corrected chi connectivity index (χ1v) is 12.7. The van der Waals surface area contributed by atoms with Gasteiger partial charge >= 0.3 is 18.0 Å². The minimum Gasteiger partial charge on any atom is -0.468 e. The van der Waals surface area contributed by atoms with Crippen molar-refractivity contribution in [3.8, 4) is 0 Å². The molecule has 0 spiro atoms. The topological polar surface area (TPSA) is 145 Å². The number of imide groups is 1. The van der Waals surface area contributed by atoms with E-state index in [0.29, 0.717) is 21.8 Å². The number of nitrogens with one attached hydrogen (secondary N) is 1. The Labute approximate surface area is 229 Å². The Morgan fingerprint density at radius 1 is 0.897 bits per heavy atom. The van der Waals surface area contributed by atoms with Crippen LogP contribution in [0.3, 0.4) is 0 Å². The molecule has 1 heterocycles. The molecule has 0 saturated carbocycles. The van der Waals surface area contributed by atoms with E-state index in [4.69, 9.17) is 14.2 Å². The number of nitrogens with zero attached hydrogens (tertiary/aromatic N) is 1. The molecule has 1 aliphatic rings. The maximum atomic E-state index is 13.3. The number of carbonyl (C=O) groups excluding carboxylic acids is 6. The maximum absolute atomic E-state index is 13.3. The molecule has 3 amide bonds. The van der Waals surface area contributed by atoms with Gasteiger partial charge in [-0.2, -0.15) is 0 Å². The fourth-order valence-electron chi connectivity index (χ4n) is 3.49. The van der Waals surface area contributed by atoms with Gasteiger partial charge < -0.3 is 19.5 Å². The van der Waals surface area contributed by atoms with Crippen molar-refractivity contribution in [2.45, 2.75) is 50.7 Å². The van der Waals surface area contributed by atoms with Crippen molar-refractivity contribution in [1.82, 2.24) is 9.62 Å². The van der Waals surface area contributed by atoms with Gasteiger partial charge in [-0.15, -0.1) is 0 Å². The minimum absolute atomic E-state index is 0.125. The van der Waals surface area contributed by atoms with Gasteiger partial charge in [-0.1, -0.05) is 42.5 Å². The number of methoxy groups -OCH3 is 1. The Morgan fingerprint density at radius 2 is 1.46 bits per heavy atom. The van der Waals surface area contributed by atoms with Crippen LogP contribution in [0.5, 0.6) is 0 Å². The fourth-order valence-corrected chi connectivity index (χ4v) is 4.48. The molecule has 2 aromatic rings. The number of hydrogen-bond donors (Lipinski definition) is 1. The van der Waals surface area contributed by atoms with E-state index in [2.05, 4.69) is 5.32 Å². The molecule has 1 N–H and O–H groups in total. The van der Waals surface area contributed by atoms with Gasteiger partial charge in [0, 0.05) is 6.42 Å². The first-order chi connectivity index (χ1) is 18.4. The maximum Gasteiger partial charge on any atom is 0.408 e. The number of alkyl carbamates (subject to hydrolysis) is 1. The van der Waals surface area contributed by atoms with Crippen LogP contribution in [0.25, 0.3) is 0 Å². The van der Waals surface area contributed by atoms with Gasteiger partial charge in [-0.3, -0.25) is 19.2 Å². The van der Waals surface area contributed by atoms with Crippen LogP contribution in [0.1, 0.15) is 53.5 Å². The van der Waals surface area contributed by atoms with E-state index in [9.17, 15) is 28.8 Å². The summed E-state index contributed by atoms with van der Waals surface area (Å²) in [6, 6.07) is 13.3. The lowest BCUT2D eigenvalue weighted by Crippen LogP contribution is -2.47. The first-order valence-electron chi connectivity index (χ1n) is 11.9. The Balaban J connectivity index is 1.79. The Hall–Kier alpha value is -4.19. The molecule has 1 unspecified atom stereocenters. The largest absolute Gasteiger partial charge is 0.468 e. The number of Topliss-reactive ketones (excluding diaryl/α,β-unsaturated/α-hetero) is 1. The number of benzene rings is 2. The molecule has 0 bridgehead atoms. The van der Waals surface area contributed by atoms with Crippen molar-refractivity contribution in [2.75, 3.05) is 7.11 Å². The molecule has 1 aliphatic heterocycles. The summed E-state index contributed by atoms with van der Waals surface area (Å²) in [6.07, 6.45) is -1.69. The standard InChI is InChI=1S/C27H28N2O9S/c1-27(2,3)38-26(35)28-19(24(33)37-15-16-10-6-5-7-11-16)14-20(30)21(25(34)36-4)39-29-22(31)17-12-8-9-13-18(17)23(29)32/h5-13,19,21H,14-15H2,1-4H3,(H,28,35)/t19-,21?/m0/s1. The molecule has 2 aromatic carbocycles. The van der Waals surface area contributed by atoms with E-state index >= 15 is 0 Å². The van der Waals surface area contributed by atoms with Crippen LogP contribution >= 0.6 is 11.9 Å². The Kier molecular flexibility index (Phi) is 9.47. The summed E-state index contributed by atoms with van der Waals surface area (Å²) < 4.78 is 15.9. The average Bonchev–Trinajstić information content (AvgIpc) is 3.13. The predicted octanol–water partition coefficient (Wildman–Crippen LogP) is 3.07. The highest BCUT2D eigenvalue weighted by atomic mass is 32.2. The summed E-state index contributed by atoms with van der Waals surface area (Å²) in [7, 11) is 1.04. The number of amides is 3. The molecule has 39 heavy (non-hydrogen) atoms. The van der Waals surface area contributed by atoms with Gasteiger partial charge in [-0.25, -0.2) is 13.9 Å². The van der Waals surface area contributed by atoms with Crippen molar-refractivity contribution in [1.29, 1.82) is 0 Å². The van der Waals surface area contributed by atoms with E-state index in [1.54, 1.807) is 63.2 Å². The van der Waals surface area contributed by atoms with Gasteiger partial charge in [0.05, 0.1) is 18.2 Å². The number of ketones is 1. The van der Waals surface area contributed by atoms with Gasteiger partial charge in [-0.05, 0) is 50.4 Å². The van der Waals surface area contributed by atoms with Gasteiger partial charge in [0.1, 0.15) is 18.2 Å². The van der Waals surface area contributed by atoms with Crippen molar-refractivity contribution in [2.24, 2.45) is 0 Å². The monoisotopic (exact) mass is 556 g/mol. The van der Waals surface area contributed by atoms with Crippen molar-refractivity contribution >= 4 is 47.6 Å². The lowest BCUT2D eigenvalue weighted by molar-refractivity contribution is -0.150. The van der Waals surface area contributed by atoms with Crippen molar-refractivity contribution in [3.05, 3.63) is 71.3 Å². The first kappa shape index (κ1) is 29.4. The highest BCUT2D eigenvalue weighted by Gasteiger charge is 2.42. The molecule has 2 atom stereocenters. The van der Waals surface area contributed by atoms with E-state index in [1.807, 2.05) is 0 Å². The smallest absolute Gasteiger partial charge is 0.408 e. The third kappa shape index (κ3) is 7.66. The fraction of sp³-hybridized carbons (Fsp3) is 0.333. The summed E-state index contributed by atoms with van der Waals surface area (Å²) in [5.74, 6) is -4.29.